The minimum absolute atomic E-state index is 0.0741. The van der Waals surface area contributed by atoms with E-state index in [1.807, 2.05) is 16.5 Å². The maximum atomic E-state index is 12.8. The van der Waals surface area contributed by atoms with Crippen molar-refractivity contribution in [2.75, 3.05) is 26.2 Å². The Morgan fingerprint density at radius 3 is 2.71 bits per heavy atom. The largest absolute Gasteiger partial charge is 0.342 e. The number of nitrogens with zero attached hydrogens (tertiary/aromatic N) is 3. The number of carbonyl (C=O) groups is 1. The fourth-order valence-electron chi connectivity index (χ4n) is 3.93. The van der Waals surface area contributed by atoms with Crippen LogP contribution in [0.2, 0.25) is 0 Å². The molecule has 2 saturated heterocycles. The summed E-state index contributed by atoms with van der Waals surface area (Å²) in [5, 5.41) is 3.08. The zero-order chi connectivity index (χ0) is 19.6. The first-order valence-corrected chi connectivity index (χ1v) is 12.9. The van der Waals surface area contributed by atoms with Crippen molar-refractivity contribution < 1.29 is 13.2 Å². The van der Waals surface area contributed by atoms with Gasteiger partial charge < -0.3 is 4.90 Å². The summed E-state index contributed by atoms with van der Waals surface area (Å²) in [4.78, 5) is 19.9. The van der Waals surface area contributed by atoms with Crippen molar-refractivity contribution in [3.8, 4) is 0 Å². The van der Waals surface area contributed by atoms with Crippen molar-refractivity contribution in [1.82, 2.24) is 14.2 Å². The number of thiazole rings is 1. The number of piperidine rings is 2. The van der Waals surface area contributed by atoms with Crippen molar-refractivity contribution in [3.05, 3.63) is 33.6 Å². The third-order valence-corrected chi connectivity index (χ3v) is 9.84. The Bertz CT molecular complexity index is 902. The second-order valence-electron chi connectivity index (χ2n) is 7.41. The Hall–Kier alpha value is -1.29. The standard InChI is InChI=1S/C19H25N3O3S3/c23-17(21-9-4-5-15(14-21)19-20-8-12-26-19)13-16-6-7-18(27-16)28(24,25)22-10-2-1-3-11-22/h6-8,12,15H,1-5,9-11,13-14H2. The van der Waals surface area contributed by atoms with Crippen LogP contribution in [0.1, 0.15) is 47.9 Å². The van der Waals surface area contributed by atoms with E-state index in [9.17, 15) is 13.2 Å². The number of hydrogen-bond acceptors (Lipinski definition) is 6. The summed E-state index contributed by atoms with van der Waals surface area (Å²) >= 11 is 2.89. The van der Waals surface area contributed by atoms with Crippen LogP contribution in [0.5, 0.6) is 0 Å². The van der Waals surface area contributed by atoms with Gasteiger partial charge in [0.2, 0.25) is 5.91 Å². The highest BCUT2D eigenvalue weighted by atomic mass is 32.2. The van der Waals surface area contributed by atoms with Crippen LogP contribution in [0.25, 0.3) is 0 Å². The zero-order valence-corrected chi connectivity index (χ0v) is 18.2. The summed E-state index contributed by atoms with van der Waals surface area (Å²) in [6, 6.07) is 3.45. The van der Waals surface area contributed by atoms with Crippen LogP contribution in [-0.4, -0.2) is 54.7 Å². The topological polar surface area (TPSA) is 70.6 Å². The Balaban J connectivity index is 1.40. The van der Waals surface area contributed by atoms with Crippen molar-refractivity contribution >= 4 is 38.6 Å². The Kier molecular flexibility index (Phi) is 6.15. The molecule has 9 heteroatoms. The molecule has 6 nitrogen and oxygen atoms in total. The average molecular weight is 440 g/mol. The number of sulfonamides is 1. The van der Waals surface area contributed by atoms with E-state index in [-0.39, 0.29) is 12.3 Å². The van der Waals surface area contributed by atoms with Crippen LogP contribution in [-0.2, 0) is 21.2 Å². The molecule has 1 amide bonds. The molecule has 0 radical (unpaired) electrons. The van der Waals surface area contributed by atoms with Gasteiger partial charge >= 0.3 is 0 Å². The van der Waals surface area contributed by atoms with E-state index in [4.69, 9.17) is 0 Å². The minimum atomic E-state index is -3.42. The van der Waals surface area contributed by atoms with Crippen molar-refractivity contribution in [2.45, 2.75) is 48.7 Å². The molecule has 0 spiro atoms. The monoisotopic (exact) mass is 439 g/mol. The van der Waals surface area contributed by atoms with Crippen LogP contribution in [0.15, 0.2) is 27.9 Å². The lowest BCUT2D eigenvalue weighted by atomic mass is 9.98. The highest BCUT2D eigenvalue weighted by molar-refractivity contribution is 7.91. The molecule has 1 unspecified atom stereocenters. The van der Waals surface area contributed by atoms with Gasteiger partial charge in [-0.25, -0.2) is 13.4 Å². The molecule has 2 fully saturated rings. The quantitative estimate of drug-likeness (QED) is 0.717. The number of rotatable bonds is 5. The van der Waals surface area contributed by atoms with Gasteiger partial charge in [-0.1, -0.05) is 6.42 Å². The maximum Gasteiger partial charge on any atom is 0.252 e. The molecule has 2 aromatic rings. The van der Waals surface area contributed by atoms with Crippen LogP contribution in [0, 0.1) is 0 Å². The van der Waals surface area contributed by atoms with Gasteiger partial charge in [-0.2, -0.15) is 4.31 Å². The summed E-state index contributed by atoms with van der Waals surface area (Å²) in [5.74, 6) is 0.390. The molecule has 0 saturated carbocycles. The summed E-state index contributed by atoms with van der Waals surface area (Å²) in [5.41, 5.74) is 0. The highest BCUT2D eigenvalue weighted by Gasteiger charge is 2.29. The Morgan fingerprint density at radius 1 is 1.14 bits per heavy atom. The van der Waals surface area contributed by atoms with Crippen LogP contribution >= 0.6 is 22.7 Å². The van der Waals surface area contributed by atoms with E-state index >= 15 is 0 Å². The highest BCUT2D eigenvalue weighted by Crippen LogP contribution is 2.30. The fourth-order valence-corrected chi connectivity index (χ4v) is 7.71. The molecular weight excluding hydrogens is 414 g/mol. The molecule has 1 atom stereocenters. The van der Waals surface area contributed by atoms with E-state index in [1.165, 1.54) is 11.3 Å². The number of thiophene rings is 1. The summed E-state index contributed by atoms with van der Waals surface area (Å²) in [7, 11) is -3.42. The number of hydrogen-bond donors (Lipinski definition) is 0. The van der Waals surface area contributed by atoms with E-state index < -0.39 is 10.0 Å². The predicted octanol–water partition coefficient (Wildman–Crippen LogP) is 3.33. The number of amides is 1. The van der Waals surface area contributed by atoms with E-state index in [0.717, 1.165) is 48.5 Å². The molecular formula is C19H25N3O3S3. The predicted molar refractivity (Wildman–Crippen MR) is 111 cm³/mol. The third kappa shape index (κ3) is 4.32. The summed E-state index contributed by atoms with van der Waals surface area (Å²) < 4.78 is 27.5. The van der Waals surface area contributed by atoms with Crippen LogP contribution < -0.4 is 0 Å². The van der Waals surface area contributed by atoms with Gasteiger partial charge in [0.25, 0.3) is 10.0 Å². The first kappa shape index (κ1) is 20.0. The van der Waals surface area contributed by atoms with Crippen LogP contribution in [0.4, 0.5) is 0 Å². The first-order chi connectivity index (χ1) is 13.5. The van der Waals surface area contributed by atoms with Crippen molar-refractivity contribution in [3.63, 3.8) is 0 Å². The van der Waals surface area contributed by atoms with E-state index in [0.29, 0.717) is 29.8 Å². The minimum Gasteiger partial charge on any atom is -0.342 e. The molecule has 0 N–H and O–H groups in total. The third-order valence-electron chi connectivity index (χ3n) is 5.45. The van der Waals surface area contributed by atoms with Gasteiger partial charge in [0.1, 0.15) is 4.21 Å². The lowest BCUT2D eigenvalue weighted by molar-refractivity contribution is -0.131. The summed E-state index contributed by atoms with van der Waals surface area (Å²) in [6.45, 7) is 2.67. The van der Waals surface area contributed by atoms with Crippen molar-refractivity contribution in [1.29, 1.82) is 0 Å². The lowest BCUT2D eigenvalue weighted by Gasteiger charge is -2.31. The molecule has 4 heterocycles. The molecule has 0 aromatic carbocycles. The SMILES string of the molecule is O=C(Cc1ccc(S(=O)(=O)N2CCCCC2)s1)N1CCCC(c2nccs2)C1. The van der Waals surface area contributed by atoms with E-state index in [1.54, 1.807) is 27.8 Å². The maximum absolute atomic E-state index is 12.8. The Morgan fingerprint density at radius 2 is 1.96 bits per heavy atom. The molecule has 28 heavy (non-hydrogen) atoms. The Labute approximate surface area is 174 Å². The first-order valence-electron chi connectivity index (χ1n) is 9.80. The lowest BCUT2D eigenvalue weighted by Crippen LogP contribution is -2.39. The van der Waals surface area contributed by atoms with Gasteiger partial charge in [0.15, 0.2) is 0 Å². The summed E-state index contributed by atoms with van der Waals surface area (Å²) in [6.07, 6.45) is 7.06. The molecule has 0 aliphatic carbocycles. The van der Waals surface area contributed by atoms with Crippen molar-refractivity contribution in [2.24, 2.45) is 0 Å². The smallest absolute Gasteiger partial charge is 0.252 e. The average Bonchev–Trinajstić information content (AvgIpc) is 3.41. The van der Waals surface area contributed by atoms with Gasteiger partial charge in [-0.05, 0) is 37.8 Å². The van der Waals surface area contributed by atoms with Crippen LogP contribution in [0.3, 0.4) is 0 Å². The van der Waals surface area contributed by atoms with E-state index in [2.05, 4.69) is 4.98 Å². The second-order valence-corrected chi connectivity index (χ2v) is 11.7. The molecule has 0 bridgehead atoms. The number of carbonyl (C=O) groups excluding carboxylic acids is 1. The normalized spacial score (nSPS) is 21.7. The molecule has 4 rings (SSSR count). The van der Waals surface area contributed by atoms with Gasteiger partial charge in [0.05, 0.1) is 11.4 Å². The van der Waals surface area contributed by atoms with Gasteiger partial charge in [-0.15, -0.1) is 22.7 Å². The molecule has 2 aliphatic rings. The number of aromatic nitrogens is 1. The molecule has 152 valence electrons. The molecule has 2 aliphatic heterocycles. The fraction of sp³-hybridized carbons (Fsp3) is 0.579. The second kappa shape index (κ2) is 8.61. The number of likely N-dealkylation sites (tertiary alicyclic amines) is 1. The van der Waals surface area contributed by atoms with Gasteiger partial charge in [-0.3, -0.25) is 4.79 Å². The molecule has 2 aromatic heterocycles. The van der Waals surface area contributed by atoms with Gasteiger partial charge in [0, 0.05) is 48.6 Å². The zero-order valence-electron chi connectivity index (χ0n) is 15.7.